The number of unbranched alkanes of at least 4 members (excludes halogenated alkanes) is 14. The smallest absolute Gasteiger partial charge is 0.377 e. The minimum atomic E-state index is -4.42. The molecular formula is C26H55O6PS. The van der Waals surface area contributed by atoms with Crippen molar-refractivity contribution < 1.29 is 27.8 Å². The van der Waals surface area contributed by atoms with Gasteiger partial charge in [0.15, 0.2) is 0 Å². The van der Waals surface area contributed by atoms with Gasteiger partial charge >= 0.3 is 7.82 Å². The molecule has 0 aliphatic carbocycles. The van der Waals surface area contributed by atoms with E-state index >= 15 is 0 Å². The minimum Gasteiger partial charge on any atom is -0.377 e. The molecule has 3 unspecified atom stereocenters. The van der Waals surface area contributed by atoms with Gasteiger partial charge in [-0.1, -0.05) is 110 Å². The molecule has 0 bridgehead atoms. The van der Waals surface area contributed by atoms with Crippen LogP contribution in [0.15, 0.2) is 0 Å². The van der Waals surface area contributed by atoms with Gasteiger partial charge in [-0.3, -0.25) is 8.73 Å². The summed E-state index contributed by atoms with van der Waals surface area (Å²) in [6, 6.07) is 0. The molecule has 0 aliphatic heterocycles. The number of ether oxygens (including phenoxy) is 1. The van der Waals surface area contributed by atoms with Gasteiger partial charge in [-0.2, -0.15) is 0 Å². The lowest BCUT2D eigenvalue weighted by Crippen LogP contribution is -2.32. The average Bonchev–Trinajstić information content (AvgIpc) is 2.78. The normalized spacial score (nSPS) is 14.9. The van der Waals surface area contributed by atoms with E-state index in [-0.39, 0.29) is 18.0 Å². The molecule has 206 valence electrons. The van der Waals surface area contributed by atoms with Crippen molar-refractivity contribution in [3.63, 3.8) is 0 Å². The molecule has 0 radical (unpaired) electrons. The maximum Gasteiger partial charge on any atom is 0.469 e. The van der Waals surface area contributed by atoms with Crippen LogP contribution in [0.4, 0.5) is 0 Å². The van der Waals surface area contributed by atoms with Gasteiger partial charge in [-0.25, -0.2) is 4.57 Å². The molecule has 0 saturated heterocycles. The fraction of sp³-hybridized carbons (Fsp3) is 1.00. The highest BCUT2D eigenvalue weighted by molar-refractivity contribution is 7.85. The van der Waals surface area contributed by atoms with Gasteiger partial charge in [0.2, 0.25) is 0 Å². The van der Waals surface area contributed by atoms with E-state index in [0.29, 0.717) is 13.0 Å². The topological polar surface area (TPSA) is 93.1 Å². The Kier molecular flexibility index (Phi) is 23.8. The van der Waals surface area contributed by atoms with E-state index in [2.05, 4.69) is 18.4 Å². The Hall–Kier alpha value is 0.220. The standard InChI is InChI=1S/C26H55O6PS/c1-4-6-8-10-11-12-13-14-15-17-19-24-34(30)26(21-18-16-9-7-5-2)25(3)31-22-20-23-32-33(27,28)29/h25-26H,4-24H2,1-3H3,(H2,27,28,29). The fourth-order valence-electron chi connectivity index (χ4n) is 4.21. The Bertz CT molecular complexity index is 514. The van der Waals surface area contributed by atoms with Crippen molar-refractivity contribution in [3.05, 3.63) is 0 Å². The van der Waals surface area contributed by atoms with Crippen LogP contribution in [0, 0.1) is 0 Å². The lowest BCUT2D eigenvalue weighted by atomic mass is 10.1. The maximum atomic E-state index is 13.1. The first-order chi connectivity index (χ1) is 16.3. The summed E-state index contributed by atoms with van der Waals surface area (Å²) in [6.45, 7) is 6.76. The second kappa shape index (κ2) is 23.6. The molecule has 0 aromatic heterocycles. The summed E-state index contributed by atoms with van der Waals surface area (Å²) in [6.07, 6.45) is 21.3. The van der Waals surface area contributed by atoms with E-state index in [0.717, 1.165) is 31.4 Å². The van der Waals surface area contributed by atoms with E-state index in [1.54, 1.807) is 0 Å². The van der Waals surface area contributed by atoms with Gasteiger partial charge in [0.1, 0.15) is 0 Å². The van der Waals surface area contributed by atoms with E-state index in [9.17, 15) is 8.77 Å². The van der Waals surface area contributed by atoms with Crippen LogP contribution < -0.4 is 0 Å². The average molecular weight is 527 g/mol. The summed E-state index contributed by atoms with van der Waals surface area (Å²) in [7, 11) is -5.33. The SMILES string of the molecule is CCCCCCCCCCCCCS(=O)C(CCCCCCC)C(C)OCCCOP(=O)(O)O. The van der Waals surface area contributed by atoms with Crippen LogP contribution in [0.25, 0.3) is 0 Å². The highest BCUT2D eigenvalue weighted by Gasteiger charge is 2.24. The van der Waals surface area contributed by atoms with Crippen molar-refractivity contribution in [1.29, 1.82) is 0 Å². The third-order valence-electron chi connectivity index (χ3n) is 6.33. The molecule has 0 fully saturated rings. The lowest BCUT2D eigenvalue weighted by molar-refractivity contribution is 0.0513. The van der Waals surface area contributed by atoms with Crippen molar-refractivity contribution in [2.45, 2.75) is 148 Å². The summed E-state index contributed by atoms with van der Waals surface area (Å²) in [4.78, 5) is 17.5. The molecule has 0 amide bonds. The van der Waals surface area contributed by atoms with Crippen molar-refractivity contribution in [2.75, 3.05) is 19.0 Å². The van der Waals surface area contributed by atoms with Crippen molar-refractivity contribution in [1.82, 2.24) is 0 Å². The Balaban J connectivity index is 4.18. The third kappa shape index (κ3) is 22.7. The Morgan fingerprint density at radius 3 is 1.68 bits per heavy atom. The Morgan fingerprint density at radius 2 is 1.18 bits per heavy atom. The van der Waals surface area contributed by atoms with E-state index in [1.807, 2.05) is 6.92 Å². The van der Waals surface area contributed by atoms with E-state index in [4.69, 9.17) is 14.5 Å². The van der Waals surface area contributed by atoms with Crippen LogP contribution in [-0.2, 0) is 24.6 Å². The second-order valence-electron chi connectivity index (χ2n) is 9.62. The highest BCUT2D eigenvalue weighted by atomic mass is 32.2. The molecule has 6 nitrogen and oxygen atoms in total. The Labute approximate surface area is 213 Å². The molecule has 0 saturated carbocycles. The van der Waals surface area contributed by atoms with Crippen LogP contribution in [0.1, 0.15) is 136 Å². The van der Waals surface area contributed by atoms with Crippen LogP contribution >= 0.6 is 7.82 Å². The first-order valence-electron chi connectivity index (χ1n) is 14.0. The molecule has 34 heavy (non-hydrogen) atoms. The molecule has 0 aliphatic rings. The molecule has 2 N–H and O–H groups in total. The lowest BCUT2D eigenvalue weighted by Gasteiger charge is -2.24. The Morgan fingerprint density at radius 1 is 0.706 bits per heavy atom. The molecule has 0 spiro atoms. The molecule has 8 heteroatoms. The van der Waals surface area contributed by atoms with Gasteiger partial charge in [-0.05, 0) is 26.2 Å². The summed E-state index contributed by atoms with van der Waals surface area (Å²) >= 11 is 0. The first kappa shape index (κ1) is 34.2. The fourth-order valence-corrected chi connectivity index (χ4v) is 6.30. The predicted octanol–water partition coefficient (Wildman–Crippen LogP) is 7.68. The van der Waals surface area contributed by atoms with Gasteiger partial charge in [0, 0.05) is 23.2 Å². The van der Waals surface area contributed by atoms with E-state index in [1.165, 1.54) is 83.5 Å². The minimum absolute atomic E-state index is 0.0208. The van der Waals surface area contributed by atoms with Gasteiger partial charge in [0.25, 0.3) is 0 Å². The number of phosphoric acid groups is 1. The summed E-state index contributed by atoms with van der Waals surface area (Å²) in [5.41, 5.74) is 0. The molecular weight excluding hydrogens is 471 g/mol. The molecule has 3 atom stereocenters. The third-order valence-corrected chi connectivity index (χ3v) is 8.84. The zero-order chi connectivity index (χ0) is 25.5. The van der Waals surface area contributed by atoms with E-state index < -0.39 is 18.6 Å². The number of rotatable bonds is 26. The summed E-state index contributed by atoms with van der Waals surface area (Å²) in [5.74, 6) is 0.742. The van der Waals surface area contributed by atoms with Crippen molar-refractivity contribution in [2.24, 2.45) is 0 Å². The summed E-state index contributed by atoms with van der Waals surface area (Å²) < 4.78 is 34.2. The zero-order valence-corrected chi connectivity index (χ0v) is 24.1. The number of hydrogen-bond acceptors (Lipinski definition) is 4. The highest BCUT2D eigenvalue weighted by Crippen LogP contribution is 2.35. The maximum absolute atomic E-state index is 13.1. The van der Waals surface area contributed by atoms with Gasteiger partial charge < -0.3 is 14.5 Å². The molecule has 0 aromatic carbocycles. The van der Waals surface area contributed by atoms with Gasteiger partial charge in [-0.15, -0.1) is 0 Å². The number of phosphoric ester groups is 1. The zero-order valence-electron chi connectivity index (χ0n) is 22.4. The number of hydrogen-bond donors (Lipinski definition) is 2. The van der Waals surface area contributed by atoms with Crippen LogP contribution in [0.5, 0.6) is 0 Å². The van der Waals surface area contributed by atoms with Crippen molar-refractivity contribution in [3.8, 4) is 0 Å². The molecule has 0 rings (SSSR count). The summed E-state index contributed by atoms with van der Waals surface area (Å²) in [5, 5.41) is 0.0208. The predicted molar refractivity (Wildman–Crippen MR) is 145 cm³/mol. The van der Waals surface area contributed by atoms with Crippen LogP contribution in [0.2, 0.25) is 0 Å². The van der Waals surface area contributed by atoms with Gasteiger partial charge in [0.05, 0.1) is 18.0 Å². The van der Waals surface area contributed by atoms with Crippen LogP contribution in [0.3, 0.4) is 0 Å². The second-order valence-corrected chi connectivity index (χ2v) is 12.6. The molecule has 0 aromatic rings. The monoisotopic (exact) mass is 526 g/mol. The van der Waals surface area contributed by atoms with Crippen LogP contribution in [-0.4, -0.2) is 44.3 Å². The quantitative estimate of drug-likeness (QED) is 0.0887. The largest absolute Gasteiger partial charge is 0.469 e. The molecule has 0 heterocycles. The van der Waals surface area contributed by atoms with Crippen molar-refractivity contribution >= 4 is 18.6 Å². The first-order valence-corrected chi connectivity index (χ1v) is 16.9.